The highest BCUT2D eigenvalue weighted by molar-refractivity contribution is 6.32. The van der Waals surface area contributed by atoms with Crippen LogP contribution in [0.2, 0.25) is 5.02 Å². The molecule has 104 valence electrons. The van der Waals surface area contributed by atoms with Crippen molar-refractivity contribution in [1.82, 2.24) is 0 Å². The molecule has 2 rings (SSSR count). The van der Waals surface area contributed by atoms with Crippen molar-refractivity contribution >= 4 is 17.4 Å². The van der Waals surface area contributed by atoms with Gasteiger partial charge in [0.2, 0.25) is 0 Å². The molecule has 0 bridgehead atoms. The number of carbonyl (C=O) groups is 1. The van der Waals surface area contributed by atoms with E-state index >= 15 is 0 Å². The number of fused-ring (bicyclic) bond motifs is 1. The molecule has 0 spiro atoms. The molecule has 0 fully saturated rings. The van der Waals surface area contributed by atoms with E-state index in [1.54, 1.807) is 6.07 Å². The van der Waals surface area contributed by atoms with Gasteiger partial charge in [0.1, 0.15) is 0 Å². The molecule has 4 nitrogen and oxygen atoms in total. The van der Waals surface area contributed by atoms with E-state index in [2.05, 4.69) is 0 Å². The highest BCUT2D eigenvalue weighted by Gasteiger charge is 2.23. The van der Waals surface area contributed by atoms with Gasteiger partial charge in [0, 0.05) is 24.0 Å². The monoisotopic (exact) mass is 283 g/mol. The zero-order chi connectivity index (χ0) is 13.8. The molecule has 1 heterocycles. The van der Waals surface area contributed by atoms with E-state index in [4.69, 9.17) is 26.8 Å². The molecule has 19 heavy (non-hydrogen) atoms. The lowest BCUT2D eigenvalue weighted by atomic mass is 9.98. The number of hydrogen-bond acceptors (Lipinski definition) is 4. The molecule has 1 aliphatic heterocycles. The first kappa shape index (κ1) is 14.2. The standard InChI is InChI=1S/C14H18ClNO3/c1-2-9-10(12(17)4-5-16)8-11(15)14-13(9)18-6-3-7-19-14/h8H,2-7,16H2,1H3. The fraction of sp³-hybridized carbons (Fsp3) is 0.500. The number of ether oxygens (including phenoxy) is 2. The fourth-order valence-corrected chi connectivity index (χ4v) is 2.46. The number of carbonyl (C=O) groups excluding carboxylic acids is 1. The van der Waals surface area contributed by atoms with Crippen LogP contribution in [0.1, 0.15) is 35.7 Å². The number of ketones is 1. The molecule has 2 N–H and O–H groups in total. The minimum Gasteiger partial charge on any atom is -0.489 e. The van der Waals surface area contributed by atoms with Gasteiger partial charge in [0.25, 0.3) is 0 Å². The van der Waals surface area contributed by atoms with Gasteiger partial charge in [0.05, 0.1) is 18.2 Å². The molecule has 1 aromatic rings. The van der Waals surface area contributed by atoms with Gasteiger partial charge in [0.15, 0.2) is 17.3 Å². The van der Waals surface area contributed by atoms with Gasteiger partial charge in [-0.05, 0) is 19.0 Å². The first-order valence-electron chi connectivity index (χ1n) is 6.53. The van der Waals surface area contributed by atoms with Crippen molar-refractivity contribution in [2.45, 2.75) is 26.2 Å². The predicted octanol–water partition coefficient (Wildman–Crippen LogP) is 2.60. The number of Topliss-reactive ketones (excluding diaryl/α,β-unsaturated/α-hetero) is 1. The van der Waals surface area contributed by atoms with Crippen LogP contribution in [-0.4, -0.2) is 25.5 Å². The van der Waals surface area contributed by atoms with Crippen LogP contribution in [0.3, 0.4) is 0 Å². The van der Waals surface area contributed by atoms with Crippen LogP contribution in [0.25, 0.3) is 0 Å². The summed E-state index contributed by atoms with van der Waals surface area (Å²) >= 11 is 6.20. The second-order valence-corrected chi connectivity index (χ2v) is 4.82. The highest BCUT2D eigenvalue weighted by atomic mass is 35.5. The van der Waals surface area contributed by atoms with Crippen molar-refractivity contribution in [2.24, 2.45) is 5.73 Å². The van der Waals surface area contributed by atoms with Crippen molar-refractivity contribution in [3.63, 3.8) is 0 Å². The fourth-order valence-electron chi connectivity index (χ4n) is 2.21. The SMILES string of the molecule is CCc1c(C(=O)CCN)cc(Cl)c2c1OCCCO2. The zero-order valence-electron chi connectivity index (χ0n) is 11.0. The summed E-state index contributed by atoms with van der Waals surface area (Å²) in [6.45, 7) is 3.46. The van der Waals surface area contributed by atoms with Crippen LogP contribution >= 0.6 is 11.6 Å². The van der Waals surface area contributed by atoms with Crippen LogP contribution in [0.15, 0.2) is 6.07 Å². The van der Waals surface area contributed by atoms with Gasteiger partial charge >= 0.3 is 0 Å². The van der Waals surface area contributed by atoms with E-state index in [-0.39, 0.29) is 5.78 Å². The van der Waals surface area contributed by atoms with E-state index < -0.39 is 0 Å². The Kier molecular flexibility index (Phi) is 4.66. The molecule has 1 aliphatic rings. The van der Waals surface area contributed by atoms with Crippen molar-refractivity contribution in [2.75, 3.05) is 19.8 Å². The molecule has 0 unspecified atom stereocenters. The van der Waals surface area contributed by atoms with Gasteiger partial charge < -0.3 is 15.2 Å². The van der Waals surface area contributed by atoms with Crippen molar-refractivity contribution < 1.29 is 14.3 Å². The molecule has 0 saturated carbocycles. The molecule has 0 saturated heterocycles. The molecule has 1 aromatic carbocycles. The van der Waals surface area contributed by atoms with Gasteiger partial charge in [-0.15, -0.1) is 0 Å². The average Bonchev–Trinajstić information content (AvgIpc) is 2.65. The molecular formula is C14H18ClNO3. The van der Waals surface area contributed by atoms with Gasteiger partial charge in [-0.1, -0.05) is 18.5 Å². The summed E-state index contributed by atoms with van der Waals surface area (Å²) in [5.74, 6) is 1.17. The lowest BCUT2D eigenvalue weighted by molar-refractivity contribution is 0.0984. The minimum absolute atomic E-state index is 0.00287. The van der Waals surface area contributed by atoms with Crippen LogP contribution < -0.4 is 15.2 Å². The molecule has 0 aromatic heterocycles. The largest absolute Gasteiger partial charge is 0.489 e. The summed E-state index contributed by atoms with van der Waals surface area (Å²) in [6, 6.07) is 1.67. The number of benzene rings is 1. The van der Waals surface area contributed by atoms with E-state index in [0.717, 1.165) is 12.0 Å². The van der Waals surface area contributed by atoms with Gasteiger partial charge in [-0.25, -0.2) is 0 Å². The smallest absolute Gasteiger partial charge is 0.180 e. The minimum atomic E-state index is -0.00287. The molecule has 0 radical (unpaired) electrons. The zero-order valence-corrected chi connectivity index (χ0v) is 11.8. The lowest BCUT2D eigenvalue weighted by Gasteiger charge is -2.16. The molecule has 0 aliphatic carbocycles. The van der Waals surface area contributed by atoms with Gasteiger partial charge in [-0.2, -0.15) is 0 Å². The van der Waals surface area contributed by atoms with Crippen molar-refractivity contribution in [3.05, 3.63) is 22.2 Å². The number of halogens is 1. The Morgan fingerprint density at radius 2 is 2.05 bits per heavy atom. The molecule has 0 atom stereocenters. The maximum atomic E-state index is 12.1. The van der Waals surface area contributed by atoms with E-state index in [1.165, 1.54) is 0 Å². The van der Waals surface area contributed by atoms with Crippen LogP contribution in [-0.2, 0) is 6.42 Å². The maximum absolute atomic E-state index is 12.1. The van der Waals surface area contributed by atoms with E-state index in [1.807, 2.05) is 6.92 Å². The predicted molar refractivity (Wildman–Crippen MR) is 74.4 cm³/mol. The molecule has 5 heteroatoms. The Hall–Kier alpha value is -1.26. The Bertz CT molecular complexity index is 488. The van der Waals surface area contributed by atoms with Gasteiger partial charge in [-0.3, -0.25) is 4.79 Å². The van der Waals surface area contributed by atoms with Crippen molar-refractivity contribution in [3.8, 4) is 11.5 Å². The molecule has 0 amide bonds. The average molecular weight is 284 g/mol. The number of rotatable bonds is 4. The van der Waals surface area contributed by atoms with E-state index in [9.17, 15) is 4.79 Å². The van der Waals surface area contributed by atoms with Crippen LogP contribution in [0.4, 0.5) is 0 Å². The second kappa shape index (κ2) is 6.26. The van der Waals surface area contributed by atoms with E-state index in [0.29, 0.717) is 54.7 Å². The summed E-state index contributed by atoms with van der Waals surface area (Å²) in [5, 5.41) is 0.425. The highest BCUT2D eigenvalue weighted by Crippen LogP contribution is 2.42. The maximum Gasteiger partial charge on any atom is 0.180 e. The third-order valence-electron chi connectivity index (χ3n) is 3.10. The summed E-state index contributed by atoms with van der Waals surface area (Å²) in [7, 11) is 0. The Balaban J connectivity index is 2.53. The summed E-state index contributed by atoms with van der Waals surface area (Å²) in [5.41, 5.74) is 6.91. The Labute approximate surface area is 117 Å². The first-order valence-corrected chi connectivity index (χ1v) is 6.91. The molecular weight excluding hydrogens is 266 g/mol. The normalized spacial score (nSPS) is 14.1. The second-order valence-electron chi connectivity index (χ2n) is 4.41. The summed E-state index contributed by atoms with van der Waals surface area (Å²) in [6.07, 6.45) is 1.80. The topological polar surface area (TPSA) is 61.6 Å². The number of hydrogen-bond donors (Lipinski definition) is 1. The van der Waals surface area contributed by atoms with Crippen molar-refractivity contribution in [1.29, 1.82) is 0 Å². The lowest BCUT2D eigenvalue weighted by Crippen LogP contribution is -2.11. The number of nitrogens with two attached hydrogens (primary N) is 1. The van der Waals surface area contributed by atoms with Crippen LogP contribution in [0, 0.1) is 0 Å². The third kappa shape index (κ3) is 2.85. The Morgan fingerprint density at radius 3 is 2.68 bits per heavy atom. The first-order chi connectivity index (χ1) is 9.19. The Morgan fingerprint density at radius 1 is 1.37 bits per heavy atom. The third-order valence-corrected chi connectivity index (χ3v) is 3.38. The quantitative estimate of drug-likeness (QED) is 0.863. The van der Waals surface area contributed by atoms with Crippen LogP contribution in [0.5, 0.6) is 11.5 Å². The summed E-state index contributed by atoms with van der Waals surface area (Å²) < 4.78 is 11.4. The summed E-state index contributed by atoms with van der Waals surface area (Å²) in [4.78, 5) is 12.1.